The van der Waals surface area contributed by atoms with E-state index < -0.39 is 17.2 Å². The zero-order valence-electron chi connectivity index (χ0n) is 16.0. The number of hydrogen-bond donors (Lipinski definition) is 1. The molecule has 1 aromatic heterocycles. The number of benzene rings is 1. The summed E-state index contributed by atoms with van der Waals surface area (Å²) in [6.45, 7) is 8.49. The number of aromatic carboxylic acids is 1. The Bertz CT molecular complexity index is 1100. The molecular weight excluding hydrogens is 379 g/mol. The number of anilines is 1. The van der Waals surface area contributed by atoms with Gasteiger partial charge in [-0.05, 0) is 25.8 Å². The molecule has 2 aliphatic heterocycles. The van der Waals surface area contributed by atoms with Crippen LogP contribution in [0.5, 0.6) is 5.75 Å². The third-order valence-electron chi connectivity index (χ3n) is 5.39. The fourth-order valence-electron chi connectivity index (χ4n) is 4.03. The normalized spacial score (nSPS) is 16.7. The molecule has 3 heterocycles. The summed E-state index contributed by atoms with van der Waals surface area (Å²) < 4.78 is 22.6. The molecule has 1 saturated heterocycles. The third kappa shape index (κ3) is 3.02. The molecule has 29 heavy (non-hydrogen) atoms. The zero-order chi connectivity index (χ0) is 20.7. The van der Waals surface area contributed by atoms with Crippen LogP contribution in [0.25, 0.3) is 10.9 Å². The summed E-state index contributed by atoms with van der Waals surface area (Å²) in [7, 11) is 0. The minimum atomic E-state index is -1.33. The number of nitrogens with zero attached hydrogens (tertiary/aromatic N) is 4. The fraction of sp³-hybridized carbons (Fsp3) is 0.350. The van der Waals surface area contributed by atoms with Gasteiger partial charge in [0.25, 0.3) is 0 Å². The van der Waals surface area contributed by atoms with Gasteiger partial charge in [0.1, 0.15) is 23.7 Å². The largest absolute Gasteiger partial charge is 0.487 e. The maximum atomic E-state index is 15.1. The van der Waals surface area contributed by atoms with E-state index in [4.69, 9.17) is 4.74 Å². The Morgan fingerprint density at radius 3 is 2.66 bits per heavy atom. The number of allylic oxidation sites excluding steroid dienone is 1. The Morgan fingerprint density at radius 2 is 2.03 bits per heavy atom. The van der Waals surface area contributed by atoms with Gasteiger partial charge in [0.05, 0.1) is 17.4 Å². The number of carbonyl (C=O) groups is 1. The summed E-state index contributed by atoms with van der Waals surface area (Å²) >= 11 is 0. The highest BCUT2D eigenvalue weighted by Gasteiger charge is 2.29. The van der Waals surface area contributed by atoms with Crippen molar-refractivity contribution in [2.75, 3.05) is 37.7 Å². The molecule has 0 bridgehead atoms. The number of ether oxygens (including phenoxy) is 1. The average Bonchev–Trinajstić information content (AvgIpc) is 2.72. The van der Waals surface area contributed by atoms with E-state index in [9.17, 15) is 14.7 Å². The molecule has 9 heteroatoms. The molecule has 4 rings (SSSR count). The number of aromatic nitrogens is 1. The van der Waals surface area contributed by atoms with Gasteiger partial charge in [-0.3, -0.25) is 4.79 Å². The van der Waals surface area contributed by atoms with E-state index in [0.717, 1.165) is 11.9 Å². The summed E-state index contributed by atoms with van der Waals surface area (Å²) in [5.41, 5.74) is -0.337. The van der Waals surface area contributed by atoms with E-state index in [1.807, 2.05) is 17.9 Å². The lowest BCUT2D eigenvalue weighted by atomic mass is 10.1. The van der Waals surface area contributed by atoms with Gasteiger partial charge in [-0.25, -0.2) is 14.2 Å². The number of hydrogen-bond acceptors (Lipinski definition) is 6. The fourth-order valence-corrected chi connectivity index (χ4v) is 4.03. The first kappa shape index (κ1) is 19.0. The number of piperazine rings is 1. The number of carboxylic acid groups (broad SMARTS) is 1. The molecule has 0 saturated carbocycles. The second-order valence-electron chi connectivity index (χ2n) is 6.93. The molecule has 8 nitrogen and oxygen atoms in total. The Labute approximate surface area is 166 Å². The summed E-state index contributed by atoms with van der Waals surface area (Å²) in [5.74, 6) is -0.842. The zero-order valence-corrected chi connectivity index (χ0v) is 16.0. The van der Waals surface area contributed by atoms with Gasteiger partial charge in [0.15, 0.2) is 11.6 Å². The van der Waals surface area contributed by atoms with Crippen molar-refractivity contribution in [3.8, 4) is 5.75 Å². The van der Waals surface area contributed by atoms with Crippen LogP contribution in [0.2, 0.25) is 0 Å². The van der Waals surface area contributed by atoms with E-state index in [1.165, 1.54) is 6.20 Å². The highest BCUT2D eigenvalue weighted by molar-refractivity contribution is 5.97. The van der Waals surface area contributed by atoms with Crippen LogP contribution in [-0.4, -0.2) is 60.0 Å². The van der Waals surface area contributed by atoms with Gasteiger partial charge < -0.3 is 24.2 Å². The maximum Gasteiger partial charge on any atom is 0.341 e. The molecule has 0 amide bonds. The monoisotopic (exact) mass is 400 g/mol. The van der Waals surface area contributed by atoms with Crippen LogP contribution >= 0.6 is 0 Å². The van der Waals surface area contributed by atoms with Crippen molar-refractivity contribution in [3.05, 3.63) is 45.8 Å². The lowest BCUT2D eigenvalue weighted by molar-refractivity contribution is 0.0694. The Morgan fingerprint density at radius 1 is 1.31 bits per heavy atom. The Kier molecular flexibility index (Phi) is 4.73. The van der Waals surface area contributed by atoms with Crippen molar-refractivity contribution in [1.29, 1.82) is 0 Å². The first-order valence-electron chi connectivity index (χ1n) is 9.35. The molecule has 2 aromatic rings. The smallest absolute Gasteiger partial charge is 0.341 e. The van der Waals surface area contributed by atoms with Crippen LogP contribution in [0.15, 0.2) is 33.9 Å². The molecule has 2 aliphatic rings. The minimum absolute atomic E-state index is 0.0199. The molecule has 1 aromatic carbocycles. The number of pyridine rings is 1. The van der Waals surface area contributed by atoms with Gasteiger partial charge in [-0.2, -0.15) is 0 Å². The summed E-state index contributed by atoms with van der Waals surface area (Å²) in [5, 5.41) is 9.32. The first-order chi connectivity index (χ1) is 14.0. The molecule has 0 aliphatic carbocycles. The van der Waals surface area contributed by atoms with E-state index in [2.05, 4.69) is 16.6 Å². The van der Waals surface area contributed by atoms with Gasteiger partial charge in [-0.15, -0.1) is 0 Å². The predicted octanol–water partition coefficient (Wildman–Crippen LogP) is 1.92. The van der Waals surface area contributed by atoms with Crippen molar-refractivity contribution in [2.45, 2.75) is 13.5 Å². The summed E-state index contributed by atoms with van der Waals surface area (Å²) in [6, 6.07) is 1.13. The molecule has 1 fully saturated rings. The van der Waals surface area contributed by atoms with E-state index in [-0.39, 0.29) is 17.6 Å². The van der Waals surface area contributed by atoms with Gasteiger partial charge in [-0.1, -0.05) is 0 Å². The van der Waals surface area contributed by atoms with Crippen LogP contribution < -0.4 is 15.1 Å². The third-order valence-corrected chi connectivity index (χ3v) is 5.39. The molecule has 152 valence electrons. The van der Waals surface area contributed by atoms with Crippen molar-refractivity contribution in [2.24, 2.45) is 4.99 Å². The quantitative estimate of drug-likeness (QED) is 0.789. The van der Waals surface area contributed by atoms with Gasteiger partial charge in [0.2, 0.25) is 5.43 Å². The van der Waals surface area contributed by atoms with Crippen LogP contribution in [0.4, 0.5) is 10.1 Å². The Hall–Kier alpha value is -3.36. The van der Waals surface area contributed by atoms with E-state index in [0.29, 0.717) is 49.7 Å². The minimum Gasteiger partial charge on any atom is -0.487 e. The second-order valence-corrected chi connectivity index (χ2v) is 6.93. The SMILES string of the molecule is C=N/C(=C\C)N1CCN(c2c(F)cc3c(=O)c(C(=O)O)cn4c3c2OCC4)CC1. The van der Waals surface area contributed by atoms with Crippen molar-refractivity contribution >= 4 is 29.3 Å². The summed E-state index contributed by atoms with van der Waals surface area (Å²) in [6.07, 6.45) is 3.19. The van der Waals surface area contributed by atoms with Gasteiger partial charge in [0, 0.05) is 32.4 Å². The highest BCUT2D eigenvalue weighted by atomic mass is 19.1. The average molecular weight is 400 g/mol. The molecular formula is C20H21FN4O4. The second kappa shape index (κ2) is 7.23. The van der Waals surface area contributed by atoms with E-state index in [1.54, 1.807) is 4.57 Å². The van der Waals surface area contributed by atoms with E-state index >= 15 is 4.39 Å². The lowest BCUT2D eigenvalue weighted by Crippen LogP contribution is -2.46. The van der Waals surface area contributed by atoms with Gasteiger partial charge >= 0.3 is 5.97 Å². The number of rotatable bonds is 4. The number of aliphatic imine (C=N–C) groups is 1. The maximum absolute atomic E-state index is 15.1. The summed E-state index contributed by atoms with van der Waals surface area (Å²) in [4.78, 5) is 32.0. The first-order valence-corrected chi connectivity index (χ1v) is 9.35. The molecule has 0 radical (unpaired) electrons. The van der Waals surface area contributed by atoms with Crippen LogP contribution in [0.3, 0.4) is 0 Å². The van der Waals surface area contributed by atoms with Crippen LogP contribution in [0.1, 0.15) is 17.3 Å². The van der Waals surface area contributed by atoms with Crippen LogP contribution in [0, 0.1) is 5.82 Å². The highest BCUT2D eigenvalue weighted by Crippen LogP contribution is 2.40. The van der Waals surface area contributed by atoms with Crippen LogP contribution in [-0.2, 0) is 6.54 Å². The number of carboxylic acids is 1. The van der Waals surface area contributed by atoms with Crippen molar-refractivity contribution in [1.82, 2.24) is 9.47 Å². The Balaban J connectivity index is 1.80. The molecule has 0 unspecified atom stereocenters. The lowest BCUT2D eigenvalue weighted by Gasteiger charge is -2.38. The molecule has 1 N–H and O–H groups in total. The number of halogens is 1. The standard InChI is InChI=1S/C20H21FN4O4/c1-3-15(22-2)23-4-6-24(7-5-23)17-14(21)10-12-16-19(17)29-9-8-25(16)11-13(18(12)26)20(27)28/h3,10-11H,2,4-9H2,1H3,(H,27,28)/b15-3+. The molecule has 0 spiro atoms. The topological polar surface area (TPSA) is 87.4 Å². The predicted molar refractivity (Wildman–Crippen MR) is 108 cm³/mol. The van der Waals surface area contributed by atoms with Crippen molar-refractivity contribution < 1.29 is 19.0 Å². The molecule has 0 atom stereocenters. The van der Waals surface area contributed by atoms with Crippen molar-refractivity contribution in [3.63, 3.8) is 0 Å².